The molecule has 0 aliphatic rings. The molecule has 0 unspecified atom stereocenters. The molecule has 0 radical (unpaired) electrons. The molecule has 2 rings (SSSR count). The smallest absolute Gasteiger partial charge is 0.261 e. The molecule has 0 aliphatic heterocycles. The molecule has 0 fully saturated rings. The van der Waals surface area contributed by atoms with Gasteiger partial charge >= 0.3 is 0 Å². The lowest BCUT2D eigenvalue weighted by atomic mass is 10.2. The summed E-state index contributed by atoms with van der Waals surface area (Å²) >= 11 is 9.33. The Morgan fingerprint density at radius 3 is 2.42 bits per heavy atom. The molecular formula is C13H11BrClNO2S. The van der Waals surface area contributed by atoms with Gasteiger partial charge in [-0.05, 0) is 52.7 Å². The minimum absolute atomic E-state index is 0.207. The highest BCUT2D eigenvalue weighted by molar-refractivity contribution is 9.10. The van der Waals surface area contributed by atoms with Gasteiger partial charge in [0, 0.05) is 9.50 Å². The van der Waals surface area contributed by atoms with Crippen molar-refractivity contribution < 1.29 is 8.42 Å². The summed E-state index contributed by atoms with van der Waals surface area (Å²) in [5.74, 6) is 0. The highest BCUT2D eigenvalue weighted by Crippen LogP contribution is 2.30. The van der Waals surface area contributed by atoms with Crippen LogP contribution in [0, 0.1) is 6.92 Å². The lowest BCUT2D eigenvalue weighted by molar-refractivity contribution is 0.601. The topological polar surface area (TPSA) is 46.2 Å². The van der Waals surface area contributed by atoms with Gasteiger partial charge in [0.1, 0.15) is 0 Å². The first-order chi connectivity index (χ1) is 8.90. The fourth-order valence-corrected chi connectivity index (χ4v) is 3.47. The second-order valence-corrected chi connectivity index (χ2v) is 6.94. The summed E-state index contributed by atoms with van der Waals surface area (Å²) in [5.41, 5.74) is 1.29. The Bertz CT molecular complexity index is 702. The predicted octanol–water partition coefficient (Wildman–Crippen LogP) is 4.21. The molecule has 0 heterocycles. The number of hydrogen-bond acceptors (Lipinski definition) is 2. The average Bonchev–Trinajstić information content (AvgIpc) is 2.37. The molecule has 2 aromatic rings. The highest BCUT2D eigenvalue weighted by atomic mass is 79.9. The van der Waals surface area contributed by atoms with Crippen LogP contribution in [-0.4, -0.2) is 8.42 Å². The van der Waals surface area contributed by atoms with Gasteiger partial charge in [-0.3, -0.25) is 4.72 Å². The Balaban J connectivity index is 2.39. The molecule has 0 saturated heterocycles. The molecule has 2 aromatic carbocycles. The Hall–Kier alpha value is -1.04. The number of benzene rings is 2. The van der Waals surface area contributed by atoms with Crippen LogP contribution >= 0.6 is 27.5 Å². The molecular weight excluding hydrogens is 350 g/mol. The highest BCUT2D eigenvalue weighted by Gasteiger charge is 2.15. The second kappa shape index (κ2) is 5.53. The van der Waals surface area contributed by atoms with E-state index in [1.54, 1.807) is 30.3 Å². The molecule has 0 bridgehead atoms. The van der Waals surface area contributed by atoms with E-state index in [1.807, 2.05) is 6.92 Å². The van der Waals surface area contributed by atoms with E-state index >= 15 is 0 Å². The van der Waals surface area contributed by atoms with Gasteiger partial charge < -0.3 is 0 Å². The van der Waals surface area contributed by atoms with Crippen molar-refractivity contribution in [3.05, 3.63) is 57.5 Å². The first-order valence-corrected chi connectivity index (χ1v) is 8.09. The minimum atomic E-state index is -3.60. The van der Waals surface area contributed by atoms with Crippen LogP contribution in [0.15, 0.2) is 51.8 Å². The van der Waals surface area contributed by atoms with Gasteiger partial charge in [-0.25, -0.2) is 8.42 Å². The van der Waals surface area contributed by atoms with Gasteiger partial charge in [0.2, 0.25) is 0 Å². The van der Waals surface area contributed by atoms with Crippen LogP contribution in [0.4, 0.5) is 5.69 Å². The number of anilines is 1. The van der Waals surface area contributed by atoms with Gasteiger partial charge in [-0.15, -0.1) is 0 Å². The zero-order valence-corrected chi connectivity index (χ0v) is 13.2. The van der Waals surface area contributed by atoms with E-state index in [2.05, 4.69) is 20.7 Å². The van der Waals surface area contributed by atoms with Crippen LogP contribution in [0.1, 0.15) is 5.56 Å². The average molecular weight is 361 g/mol. The summed E-state index contributed by atoms with van der Waals surface area (Å²) in [5, 5.41) is 0.508. The maximum Gasteiger partial charge on any atom is 0.261 e. The number of aryl methyl sites for hydroxylation is 1. The molecule has 100 valence electrons. The maximum atomic E-state index is 12.2. The van der Waals surface area contributed by atoms with E-state index in [4.69, 9.17) is 11.6 Å². The van der Waals surface area contributed by atoms with Crippen molar-refractivity contribution in [2.45, 2.75) is 11.8 Å². The fraction of sp³-hybridized carbons (Fsp3) is 0.0769. The van der Waals surface area contributed by atoms with Crippen molar-refractivity contribution in [1.82, 2.24) is 0 Å². The van der Waals surface area contributed by atoms with Gasteiger partial charge in [-0.1, -0.05) is 29.8 Å². The number of hydrogen-bond donors (Lipinski definition) is 1. The molecule has 6 heteroatoms. The maximum absolute atomic E-state index is 12.2. The van der Waals surface area contributed by atoms with Crippen LogP contribution in [0.5, 0.6) is 0 Å². The van der Waals surface area contributed by atoms with E-state index in [1.165, 1.54) is 12.1 Å². The number of sulfonamides is 1. The van der Waals surface area contributed by atoms with Gasteiger partial charge in [0.25, 0.3) is 10.0 Å². The first kappa shape index (κ1) is 14.4. The van der Waals surface area contributed by atoms with Crippen molar-refractivity contribution in [3.8, 4) is 0 Å². The van der Waals surface area contributed by atoms with Crippen molar-refractivity contribution in [1.29, 1.82) is 0 Å². The molecule has 3 nitrogen and oxygen atoms in total. The summed E-state index contributed by atoms with van der Waals surface area (Å²) in [7, 11) is -3.60. The molecule has 0 atom stereocenters. The lowest BCUT2D eigenvalue weighted by Gasteiger charge is -2.11. The van der Waals surface area contributed by atoms with E-state index in [9.17, 15) is 8.42 Å². The third kappa shape index (κ3) is 3.29. The monoisotopic (exact) mass is 359 g/mol. The molecule has 19 heavy (non-hydrogen) atoms. The second-order valence-electron chi connectivity index (χ2n) is 4.00. The SMILES string of the molecule is Cc1cc(Br)c(NS(=O)(=O)c2ccccc2)cc1Cl. The summed E-state index contributed by atoms with van der Waals surface area (Å²) < 4.78 is 27.5. The van der Waals surface area contributed by atoms with Crippen LogP contribution in [-0.2, 0) is 10.0 Å². The molecule has 1 N–H and O–H groups in total. The molecule has 0 amide bonds. The van der Waals surface area contributed by atoms with Crippen molar-refractivity contribution in [3.63, 3.8) is 0 Å². The summed E-state index contributed by atoms with van der Waals surface area (Å²) in [6.45, 7) is 1.85. The normalized spacial score (nSPS) is 11.3. The minimum Gasteiger partial charge on any atom is -0.278 e. The molecule has 0 aromatic heterocycles. The fourth-order valence-electron chi connectivity index (χ4n) is 1.53. The van der Waals surface area contributed by atoms with Crippen molar-refractivity contribution in [2.75, 3.05) is 4.72 Å². The quantitative estimate of drug-likeness (QED) is 0.891. The number of rotatable bonds is 3. The first-order valence-electron chi connectivity index (χ1n) is 5.43. The Kier molecular flexibility index (Phi) is 4.18. The van der Waals surface area contributed by atoms with Gasteiger partial charge in [0.15, 0.2) is 0 Å². The Labute approximate surface area is 125 Å². The van der Waals surface area contributed by atoms with E-state index in [-0.39, 0.29) is 4.90 Å². The molecule has 0 saturated carbocycles. The molecule has 0 spiro atoms. The summed E-state index contributed by atoms with van der Waals surface area (Å²) in [6, 6.07) is 11.5. The van der Waals surface area contributed by atoms with E-state index < -0.39 is 10.0 Å². The Morgan fingerprint density at radius 1 is 1.16 bits per heavy atom. The van der Waals surface area contributed by atoms with Crippen LogP contribution < -0.4 is 4.72 Å². The number of nitrogens with one attached hydrogen (secondary N) is 1. The van der Waals surface area contributed by atoms with Gasteiger partial charge in [-0.2, -0.15) is 0 Å². The summed E-state index contributed by atoms with van der Waals surface area (Å²) in [4.78, 5) is 0.207. The van der Waals surface area contributed by atoms with Crippen LogP contribution in [0.25, 0.3) is 0 Å². The standard InChI is InChI=1S/C13H11BrClNO2S/c1-9-7-11(14)13(8-12(9)15)16-19(17,18)10-5-3-2-4-6-10/h2-8,16H,1H3. The van der Waals surface area contributed by atoms with Crippen LogP contribution in [0.3, 0.4) is 0 Å². The lowest BCUT2D eigenvalue weighted by Crippen LogP contribution is -2.13. The third-order valence-corrected chi connectivity index (χ3v) is 4.99. The zero-order valence-electron chi connectivity index (χ0n) is 10.0. The third-order valence-electron chi connectivity index (χ3n) is 2.55. The summed E-state index contributed by atoms with van der Waals surface area (Å²) in [6.07, 6.45) is 0. The van der Waals surface area contributed by atoms with E-state index in [0.29, 0.717) is 15.2 Å². The van der Waals surface area contributed by atoms with Crippen molar-refractivity contribution >= 4 is 43.2 Å². The van der Waals surface area contributed by atoms with Crippen molar-refractivity contribution in [2.24, 2.45) is 0 Å². The number of halogens is 2. The van der Waals surface area contributed by atoms with Crippen LogP contribution in [0.2, 0.25) is 5.02 Å². The Morgan fingerprint density at radius 2 is 1.79 bits per heavy atom. The largest absolute Gasteiger partial charge is 0.278 e. The zero-order chi connectivity index (χ0) is 14.0. The van der Waals surface area contributed by atoms with E-state index in [0.717, 1.165) is 5.56 Å². The predicted molar refractivity (Wildman–Crippen MR) is 81.1 cm³/mol. The molecule has 0 aliphatic carbocycles. The van der Waals surface area contributed by atoms with Gasteiger partial charge in [0.05, 0.1) is 10.6 Å².